The van der Waals surface area contributed by atoms with Crippen molar-refractivity contribution in [3.8, 4) is 0 Å². The van der Waals surface area contributed by atoms with Crippen molar-refractivity contribution in [1.82, 2.24) is 0 Å². The summed E-state index contributed by atoms with van der Waals surface area (Å²) in [7, 11) is 0. The number of ether oxygens (including phenoxy) is 1. The summed E-state index contributed by atoms with van der Waals surface area (Å²) in [6, 6.07) is 0. The Kier molecular flexibility index (Phi) is 5.12. The molecular weight excluding hydrogens is 356 g/mol. The summed E-state index contributed by atoms with van der Waals surface area (Å²) in [4.78, 5) is 0. The van der Waals surface area contributed by atoms with Crippen molar-refractivity contribution in [2.45, 2.75) is 98.0 Å². The third-order valence-electron chi connectivity index (χ3n) is 11.0. The van der Waals surface area contributed by atoms with Crippen LogP contribution in [0.2, 0.25) is 0 Å². The molecule has 0 radical (unpaired) electrons. The van der Waals surface area contributed by atoms with Crippen LogP contribution in [0.4, 0.5) is 0 Å². The van der Waals surface area contributed by atoms with E-state index in [9.17, 15) is 5.11 Å². The van der Waals surface area contributed by atoms with Crippen LogP contribution in [0, 0.1) is 52.3 Å². The molecule has 164 valence electrons. The van der Waals surface area contributed by atoms with Gasteiger partial charge in [0.2, 0.25) is 0 Å². The number of aliphatic hydroxyl groups is 1. The van der Waals surface area contributed by atoms with Crippen molar-refractivity contribution in [3.05, 3.63) is 11.8 Å². The number of rotatable bonds is 3. The largest absolute Gasteiger partial charge is 0.494 e. The van der Waals surface area contributed by atoms with Crippen molar-refractivity contribution in [2.24, 2.45) is 52.3 Å². The molecular formula is C27H44O2. The average Bonchev–Trinajstić information content (AvgIpc) is 3.19. The van der Waals surface area contributed by atoms with Crippen molar-refractivity contribution in [1.29, 1.82) is 0 Å². The van der Waals surface area contributed by atoms with Crippen molar-refractivity contribution in [2.75, 3.05) is 6.61 Å². The Morgan fingerprint density at radius 3 is 2.69 bits per heavy atom. The lowest BCUT2D eigenvalue weighted by Gasteiger charge is -2.60. The summed E-state index contributed by atoms with van der Waals surface area (Å²) in [5.74, 6) is 6.68. The van der Waals surface area contributed by atoms with Crippen molar-refractivity contribution < 1.29 is 9.84 Å². The molecule has 5 fully saturated rings. The van der Waals surface area contributed by atoms with Crippen LogP contribution >= 0.6 is 0 Å². The topological polar surface area (TPSA) is 29.5 Å². The fraction of sp³-hybridized carbons (Fsp3) is 0.926. The van der Waals surface area contributed by atoms with Gasteiger partial charge in [-0.1, -0.05) is 40.5 Å². The Bertz CT molecular complexity index is 655. The first-order valence-corrected chi connectivity index (χ1v) is 12.9. The molecule has 1 heterocycles. The molecule has 29 heavy (non-hydrogen) atoms. The molecule has 5 rings (SSSR count). The van der Waals surface area contributed by atoms with Gasteiger partial charge < -0.3 is 9.84 Å². The van der Waals surface area contributed by atoms with E-state index < -0.39 is 0 Å². The van der Waals surface area contributed by atoms with Crippen LogP contribution in [-0.2, 0) is 4.74 Å². The monoisotopic (exact) mass is 400 g/mol. The third kappa shape index (κ3) is 2.98. The molecule has 4 saturated carbocycles. The summed E-state index contributed by atoms with van der Waals surface area (Å²) in [5.41, 5.74) is 1.11. The molecule has 5 aliphatic rings. The fourth-order valence-corrected chi connectivity index (χ4v) is 9.42. The number of fused-ring (bicyclic) bond motifs is 7. The van der Waals surface area contributed by atoms with Gasteiger partial charge in [-0.3, -0.25) is 0 Å². The quantitative estimate of drug-likeness (QED) is 0.579. The second-order valence-electron chi connectivity index (χ2n) is 12.3. The zero-order valence-corrected chi connectivity index (χ0v) is 19.3. The van der Waals surface area contributed by atoms with Crippen LogP contribution in [0.5, 0.6) is 0 Å². The Morgan fingerprint density at radius 1 is 1.07 bits per heavy atom. The van der Waals surface area contributed by atoms with E-state index in [4.69, 9.17) is 4.74 Å². The maximum absolute atomic E-state index is 9.37. The smallest absolute Gasteiger partial charge is 0.103 e. The molecule has 0 bridgehead atoms. The predicted molar refractivity (Wildman–Crippen MR) is 118 cm³/mol. The first kappa shape index (κ1) is 20.4. The summed E-state index contributed by atoms with van der Waals surface area (Å²) >= 11 is 0. The molecule has 0 aromatic carbocycles. The minimum atomic E-state index is 0.271. The molecule has 4 unspecified atom stereocenters. The summed E-state index contributed by atoms with van der Waals surface area (Å²) in [6.45, 7) is 10.2. The Balaban J connectivity index is 1.37. The number of hydrogen-bond donors (Lipinski definition) is 1. The lowest BCUT2D eigenvalue weighted by molar-refractivity contribution is -0.112. The lowest BCUT2D eigenvalue weighted by Crippen LogP contribution is -2.53. The Labute approximate surface area is 178 Å². The second kappa shape index (κ2) is 7.28. The number of hydrogen-bond acceptors (Lipinski definition) is 2. The van der Waals surface area contributed by atoms with Crippen LogP contribution in [0.15, 0.2) is 11.8 Å². The second-order valence-corrected chi connectivity index (χ2v) is 12.3. The van der Waals surface area contributed by atoms with Crippen LogP contribution in [0.25, 0.3) is 0 Å². The molecule has 0 amide bonds. The van der Waals surface area contributed by atoms with Crippen LogP contribution in [-0.4, -0.2) is 17.8 Å². The van der Waals surface area contributed by atoms with Crippen LogP contribution in [0.3, 0.4) is 0 Å². The maximum atomic E-state index is 9.37. The van der Waals surface area contributed by atoms with Gasteiger partial charge in [-0.2, -0.15) is 0 Å². The molecule has 2 heteroatoms. The van der Waals surface area contributed by atoms with E-state index in [1.807, 2.05) is 0 Å². The first-order valence-electron chi connectivity index (χ1n) is 12.9. The highest BCUT2D eigenvalue weighted by atomic mass is 16.5. The van der Waals surface area contributed by atoms with Crippen LogP contribution < -0.4 is 0 Å². The highest BCUT2D eigenvalue weighted by Crippen LogP contribution is 2.70. The number of allylic oxidation sites excluding steroid dienone is 2. The predicted octanol–water partition coefficient (Wildman–Crippen LogP) is 6.58. The molecule has 10 atom stereocenters. The highest BCUT2D eigenvalue weighted by molar-refractivity contribution is 5.19. The van der Waals surface area contributed by atoms with E-state index in [0.29, 0.717) is 34.7 Å². The lowest BCUT2D eigenvalue weighted by atomic mass is 9.44. The van der Waals surface area contributed by atoms with E-state index in [1.165, 1.54) is 63.5 Å². The Hall–Kier alpha value is -0.500. The third-order valence-corrected chi connectivity index (χ3v) is 11.0. The van der Waals surface area contributed by atoms with Gasteiger partial charge in [0.15, 0.2) is 0 Å². The molecule has 2 nitrogen and oxygen atoms in total. The van der Waals surface area contributed by atoms with E-state index in [-0.39, 0.29) is 6.61 Å². The first-order chi connectivity index (χ1) is 13.9. The molecule has 1 N–H and O–H groups in total. The Morgan fingerprint density at radius 2 is 1.90 bits per heavy atom. The molecule has 0 spiro atoms. The van der Waals surface area contributed by atoms with E-state index in [1.54, 1.807) is 0 Å². The van der Waals surface area contributed by atoms with Gasteiger partial charge in [-0.15, -0.1) is 0 Å². The van der Waals surface area contributed by atoms with E-state index in [0.717, 1.165) is 30.1 Å². The molecule has 0 aromatic rings. The number of aliphatic hydroxyl groups excluding tert-OH is 1. The van der Waals surface area contributed by atoms with Crippen molar-refractivity contribution in [3.63, 3.8) is 0 Å². The highest BCUT2D eigenvalue weighted by Gasteiger charge is 2.65. The minimum absolute atomic E-state index is 0.271. The summed E-state index contributed by atoms with van der Waals surface area (Å²) in [5, 5.41) is 9.37. The molecule has 0 aromatic heterocycles. The summed E-state index contributed by atoms with van der Waals surface area (Å²) in [6.07, 6.45) is 16.9. The van der Waals surface area contributed by atoms with Crippen LogP contribution in [0.1, 0.15) is 91.9 Å². The van der Waals surface area contributed by atoms with Gasteiger partial charge in [0.05, 0.1) is 5.76 Å². The van der Waals surface area contributed by atoms with Gasteiger partial charge >= 0.3 is 0 Å². The van der Waals surface area contributed by atoms with E-state index >= 15 is 0 Å². The molecule has 4 aliphatic carbocycles. The summed E-state index contributed by atoms with van der Waals surface area (Å²) < 4.78 is 6.64. The molecule has 1 saturated heterocycles. The van der Waals surface area contributed by atoms with E-state index in [2.05, 4.69) is 33.8 Å². The fourth-order valence-electron chi connectivity index (χ4n) is 9.42. The van der Waals surface area contributed by atoms with Gasteiger partial charge in [-0.05, 0) is 97.9 Å². The van der Waals surface area contributed by atoms with Crippen molar-refractivity contribution >= 4 is 0 Å². The zero-order chi connectivity index (χ0) is 20.4. The van der Waals surface area contributed by atoms with Gasteiger partial charge in [0, 0.05) is 18.4 Å². The minimum Gasteiger partial charge on any atom is -0.494 e. The normalized spacial score (nSPS) is 53.6. The van der Waals surface area contributed by atoms with Gasteiger partial charge in [0.25, 0.3) is 0 Å². The molecule has 1 aliphatic heterocycles. The standard InChI is InChI=1S/C27H44O2/c1-17(16-28)8-11-23-18(2)25-24(29-23)15-22-20-10-9-19-7-5-6-13-26(19,3)21(20)12-14-27(22,25)4/h11,17-22,24-25,28H,5-10,12-16H2,1-4H3/b23-11-/t17?,18?,19-,20+,21-,22-,24?,25?,26-,27-/m0/s1. The average molecular weight is 401 g/mol. The maximum Gasteiger partial charge on any atom is 0.103 e. The zero-order valence-electron chi connectivity index (χ0n) is 19.3. The van der Waals surface area contributed by atoms with Gasteiger partial charge in [0.1, 0.15) is 6.10 Å². The SMILES string of the molecule is CC(CO)C/C=C1\OC2C[C@H]3[C@@H]4CC[C@@H]5CCCC[C@]5(C)[C@H]4CC[C@]3(C)C2C1C. The van der Waals surface area contributed by atoms with Gasteiger partial charge in [-0.25, -0.2) is 0 Å².